The molecule has 1 saturated heterocycles. The minimum Gasteiger partial charge on any atom is -0.481 e. The highest BCUT2D eigenvalue weighted by molar-refractivity contribution is 7.91. The molecule has 0 unspecified atom stereocenters. The summed E-state index contributed by atoms with van der Waals surface area (Å²) in [6.07, 6.45) is 0.383. The minimum atomic E-state index is -3.51. The number of ether oxygens (including phenoxy) is 1. The van der Waals surface area contributed by atoms with E-state index < -0.39 is 16.1 Å². The zero-order chi connectivity index (χ0) is 19.4. The fourth-order valence-electron chi connectivity index (χ4n) is 2.94. The second-order valence-corrected chi connectivity index (χ2v) is 9.26. The first-order valence-electron chi connectivity index (χ1n) is 8.62. The van der Waals surface area contributed by atoms with Gasteiger partial charge in [0.2, 0.25) is 10.0 Å². The van der Waals surface area contributed by atoms with E-state index >= 15 is 0 Å². The van der Waals surface area contributed by atoms with Crippen LogP contribution < -0.4 is 9.46 Å². The summed E-state index contributed by atoms with van der Waals surface area (Å²) in [6, 6.07) is 8.57. The molecule has 1 atom stereocenters. The van der Waals surface area contributed by atoms with Crippen molar-refractivity contribution in [3.8, 4) is 5.75 Å². The van der Waals surface area contributed by atoms with E-state index in [1.165, 1.54) is 35.6 Å². The molecule has 0 radical (unpaired) electrons. The van der Waals surface area contributed by atoms with Crippen molar-refractivity contribution in [1.82, 2.24) is 9.62 Å². The molecular weight excluding hydrogens is 391 g/mol. The lowest BCUT2D eigenvalue weighted by Gasteiger charge is -2.33. The Morgan fingerprint density at radius 3 is 2.52 bits per heavy atom. The molecule has 2 heterocycles. The van der Waals surface area contributed by atoms with Crippen LogP contribution >= 0.6 is 11.3 Å². The summed E-state index contributed by atoms with van der Waals surface area (Å²) in [4.78, 5) is 14.2. The van der Waals surface area contributed by atoms with Gasteiger partial charge in [0.15, 0.2) is 6.10 Å². The number of hydrogen-bond acceptors (Lipinski definition) is 5. The Labute approximate surface area is 162 Å². The molecule has 1 aliphatic rings. The third-order valence-corrected chi connectivity index (χ3v) is 7.28. The third kappa shape index (κ3) is 5.06. The molecule has 1 aliphatic heterocycles. The van der Waals surface area contributed by atoms with Crippen LogP contribution in [0, 0.1) is 5.82 Å². The predicted molar refractivity (Wildman–Crippen MR) is 101 cm³/mol. The van der Waals surface area contributed by atoms with E-state index in [0.29, 0.717) is 35.9 Å². The van der Waals surface area contributed by atoms with Gasteiger partial charge in [0, 0.05) is 19.1 Å². The van der Waals surface area contributed by atoms with Crippen molar-refractivity contribution in [2.24, 2.45) is 0 Å². The number of benzene rings is 1. The van der Waals surface area contributed by atoms with E-state index in [1.54, 1.807) is 29.3 Å². The van der Waals surface area contributed by atoms with Gasteiger partial charge in [-0.1, -0.05) is 6.07 Å². The van der Waals surface area contributed by atoms with E-state index in [1.807, 2.05) is 0 Å². The van der Waals surface area contributed by atoms with Gasteiger partial charge in [-0.3, -0.25) is 4.79 Å². The van der Waals surface area contributed by atoms with Crippen molar-refractivity contribution in [1.29, 1.82) is 0 Å². The van der Waals surface area contributed by atoms with Crippen molar-refractivity contribution in [3.63, 3.8) is 0 Å². The first-order valence-corrected chi connectivity index (χ1v) is 11.0. The van der Waals surface area contributed by atoms with Crippen LogP contribution in [0.3, 0.4) is 0 Å². The second kappa shape index (κ2) is 8.37. The topological polar surface area (TPSA) is 75.7 Å². The first-order chi connectivity index (χ1) is 12.8. The van der Waals surface area contributed by atoms with Gasteiger partial charge in [0.25, 0.3) is 5.91 Å². The molecule has 1 aromatic carbocycles. The van der Waals surface area contributed by atoms with Crippen LogP contribution in [0.4, 0.5) is 4.39 Å². The summed E-state index contributed by atoms with van der Waals surface area (Å²) in [5.41, 5.74) is 0. The molecule has 146 valence electrons. The van der Waals surface area contributed by atoms with Gasteiger partial charge in [-0.15, -0.1) is 11.3 Å². The molecule has 1 amide bonds. The SMILES string of the molecule is C[C@H](Oc1ccc(F)cc1)C(=O)N1CCC(NS(=O)(=O)c2cccs2)CC1. The fraction of sp³-hybridized carbons (Fsp3) is 0.389. The van der Waals surface area contributed by atoms with Crippen LogP contribution in [0.1, 0.15) is 19.8 Å². The second-order valence-electron chi connectivity index (χ2n) is 6.37. The van der Waals surface area contributed by atoms with Crippen molar-refractivity contribution in [3.05, 3.63) is 47.6 Å². The maximum atomic E-state index is 12.9. The normalized spacial score (nSPS) is 16.9. The number of thiophene rings is 1. The largest absolute Gasteiger partial charge is 0.481 e. The van der Waals surface area contributed by atoms with Gasteiger partial charge in [-0.05, 0) is 55.5 Å². The molecule has 1 N–H and O–H groups in total. The van der Waals surface area contributed by atoms with E-state index in [9.17, 15) is 17.6 Å². The molecule has 9 heteroatoms. The quantitative estimate of drug-likeness (QED) is 0.791. The average Bonchev–Trinajstić information content (AvgIpc) is 3.19. The van der Waals surface area contributed by atoms with E-state index in [-0.39, 0.29) is 17.8 Å². The van der Waals surface area contributed by atoms with E-state index in [2.05, 4.69) is 4.72 Å². The van der Waals surface area contributed by atoms with Crippen molar-refractivity contribution in [2.75, 3.05) is 13.1 Å². The Balaban J connectivity index is 1.51. The Morgan fingerprint density at radius 1 is 1.26 bits per heavy atom. The Kier molecular flexibility index (Phi) is 6.13. The fourth-order valence-corrected chi connectivity index (χ4v) is 5.25. The number of carbonyl (C=O) groups excluding carboxylic acids is 1. The molecule has 0 spiro atoms. The van der Waals surface area contributed by atoms with Gasteiger partial charge in [-0.25, -0.2) is 17.5 Å². The number of nitrogens with one attached hydrogen (secondary N) is 1. The van der Waals surface area contributed by atoms with Crippen LogP contribution in [0.25, 0.3) is 0 Å². The van der Waals surface area contributed by atoms with Gasteiger partial charge >= 0.3 is 0 Å². The van der Waals surface area contributed by atoms with Crippen molar-refractivity contribution >= 4 is 27.3 Å². The molecule has 6 nitrogen and oxygen atoms in total. The number of carbonyl (C=O) groups is 1. The number of amides is 1. The Morgan fingerprint density at radius 2 is 1.93 bits per heavy atom. The van der Waals surface area contributed by atoms with Crippen molar-refractivity contribution < 1.29 is 22.3 Å². The van der Waals surface area contributed by atoms with Crippen LogP contribution in [0.2, 0.25) is 0 Å². The maximum absolute atomic E-state index is 12.9. The number of nitrogens with zero attached hydrogens (tertiary/aromatic N) is 1. The van der Waals surface area contributed by atoms with Crippen LogP contribution in [0.15, 0.2) is 46.0 Å². The number of piperidine rings is 1. The predicted octanol–water partition coefficient (Wildman–Crippen LogP) is 2.62. The van der Waals surface area contributed by atoms with E-state index in [0.717, 1.165) is 0 Å². The minimum absolute atomic E-state index is 0.168. The van der Waals surface area contributed by atoms with Gasteiger partial charge < -0.3 is 9.64 Å². The average molecular weight is 413 g/mol. The molecule has 1 fully saturated rings. The lowest BCUT2D eigenvalue weighted by Crippen LogP contribution is -2.49. The summed E-state index contributed by atoms with van der Waals surface area (Å²) in [6.45, 7) is 2.55. The number of rotatable bonds is 6. The summed E-state index contributed by atoms with van der Waals surface area (Å²) >= 11 is 1.17. The summed E-state index contributed by atoms with van der Waals surface area (Å²) in [5.74, 6) is -0.108. The number of sulfonamides is 1. The smallest absolute Gasteiger partial charge is 0.263 e. The highest BCUT2D eigenvalue weighted by Gasteiger charge is 2.29. The molecule has 0 bridgehead atoms. The van der Waals surface area contributed by atoms with Crippen LogP contribution in [-0.4, -0.2) is 44.5 Å². The number of hydrogen-bond donors (Lipinski definition) is 1. The highest BCUT2D eigenvalue weighted by Crippen LogP contribution is 2.20. The lowest BCUT2D eigenvalue weighted by molar-refractivity contribution is -0.139. The number of likely N-dealkylation sites (tertiary alicyclic amines) is 1. The summed E-state index contributed by atoms with van der Waals surface area (Å²) in [5, 5.41) is 1.72. The molecule has 3 rings (SSSR count). The molecular formula is C18H21FN2O4S2. The molecule has 27 heavy (non-hydrogen) atoms. The zero-order valence-corrected chi connectivity index (χ0v) is 16.4. The van der Waals surface area contributed by atoms with E-state index in [4.69, 9.17) is 4.74 Å². The first kappa shape index (κ1) is 19.8. The summed E-state index contributed by atoms with van der Waals surface area (Å²) < 4.78 is 46.1. The Hall–Kier alpha value is -1.97. The van der Waals surface area contributed by atoms with Gasteiger partial charge in [-0.2, -0.15) is 0 Å². The Bertz CT molecular complexity index is 861. The van der Waals surface area contributed by atoms with Crippen LogP contribution in [0.5, 0.6) is 5.75 Å². The van der Waals surface area contributed by atoms with Gasteiger partial charge in [0.1, 0.15) is 15.8 Å². The molecule has 0 saturated carbocycles. The highest BCUT2D eigenvalue weighted by atomic mass is 32.2. The van der Waals surface area contributed by atoms with Crippen molar-refractivity contribution in [2.45, 2.75) is 36.1 Å². The number of halogens is 1. The maximum Gasteiger partial charge on any atom is 0.263 e. The molecule has 1 aromatic heterocycles. The van der Waals surface area contributed by atoms with Gasteiger partial charge in [0.05, 0.1) is 0 Å². The monoisotopic (exact) mass is 412 g/mol. The van der Waals surface area contributed by atoms with Crippen LogP contribution in [-0.2, 0) is 14.8 Å². The standard InChI is InChI=1S/C18H21FN2O4S2/c1-13(25-16-6-4-14(19)5-7-16)18(22)21-10-8-15(9-11-21)20-27(23,24)17-3-2-12-26-17/h2-7,12-13,15,20H,8-11H2,1H3/t13-/m0/s1. The lowest BCUT2D eigenvalue weighted by atomic mass is 10.1. The molecule has 0 aliphatic carbocycles. The summed E-state index contributed by atoms with van der Waals surface area (Å²) in [7, 11) is -3.51. The zero-order valence-electron chi connectivity index (χ0n) is 14.8. The molecule has 2 aromatic rings. The third-order valence-electron chi connectivity index (χ3n) is 4.36.